The molecule has 4 heteroatoms. The van der Waals surface area contributed by atoms with Crippen LogP contribution in [0, 0.1) is 11.8 Å². The first kappa shape index (κ1) is 16.7. The van der Waals surface area contributed by atoms with Crippen LogP contribution in [-0.2, 0) is 0 Å². The van der Waals surface area contributed by atoms with Crippen molar-refractivity contribution in [3.63, 3.8) is 0 Å². The lowest BCUT2D eigenvalue weighted by Gasteiger charge is -2.40. The maximum atomic E-state index is 4.91. The van der Waals surface area contributed by atoms with Crippen LogP contribution in [0.2, 0.25) is 0 Å². The summed E-state index contributed by atoms with van der Waals surface area (Å²) in [5.41, 5.74) is 1.80. The number of pyridine rings is 1. The molecule has 0 spiro atoms. The van der Waals surface area contributed by atoms with Gasteiger partial charge in [0.05, 0.1) is 9.75 Å². The standard InChI is InChI=1S/C22H20N3S/c1-22(2,3)25-15-7-5-9-21(25)24-19(16-25)20-13-12-18(26-20)11-10-17-8-4-6-14-23-17/h4-9,12-16H,1-3H3/q+1. The third-order valence-electron chi connectivity index (χ3n) is 4.56. The van der Waals surface area contributed by atoms with Crippen LogP contribution in [0.5, 0.6) is 0 Å². The Morgan fingerprint density at radius 2 is 1.92 bits per heavy atom. The predicted molar refractivity (Wildman–Crippen MR) is 108 cm³/mol. The minimum Gasteiger partial charge on any atom is -0.248 e. The number of allylic oxidation sites excluding steroid dienone is 2. The summed E-state index contributed by atoms with van der Waals surface area (Å²) in [6.45, 7) is 6.72. The number of fused-ring (bicyclic) bond motifs is 1. The van der Waals surface area contributed by atoms with Gasteiger partial charge in [0.15, 0.2) is 0 Å². The van der Waals surface area contributed by atoms with Crippen molar-refractivity contribution in [3.05, 3.63) is 82.6 Å². The van der Waals surface area contributed by atoms with Crippen molar-refractivity contribution >= 4 is 22.9 Å². The van der Waals surface area contributed by atoms with Gasteiger partial charge in [-0.2, -0.15) is 4.99 Å². The van der Waals surface area contributed by atoms with E-state index in [4.69, 9.17) is 4.99 Å². The topological polar surface area (TPSA) is 25.2 Å². The van der Waals surface area contributed by atoms with E-state index in [1.54, 1.807) is 17.5 Å². The lowest BCUT2D eigenvalue weighted by atomic mass is 10.0. The fourth-order valence-corrected chi connectivity index (χ4v) is 3.90. The Hall–Kier alpha value is -2.74. The van der Waals surface area contributed by atoms with Crippen molar-refractivity contribution in [3.8, 4) is 11.8 Å². The molecule has 0 amide bonds. The number of hydrogen-bond acceptors (Lipinski definition) is 3. The number of aromatic nitrogens is 1. The second kappa shape index (κ2) is 6.21. The van der Waals surface area contributed by atoms with Gasteiger partial charge in [0.1, 0.15) is 29.3 Å². The van der Waals surface area contributed by atoms with Gasteiger partial charge in [-0.1, -0.05) is 6.07 Å². The molecule has 2 aromatic rings. The summed E-state index contributed by atoms with van der Waals surface area (Å²) < 4.78 is 0.645. The molecule has 0 fully saturated rings. The van der Waals surface area contributed by atoms with E-state index >= 15 is 0 Å². The third kappa shape index (κ3) is 2.86. The second-order valence-corrected chi connectivity index (χ2v) is 8.35. The number of thiophene rings is 1. The predicted octanol–water partition coefficient (Wildman–Crippen LogP) is 4.95. The molecule has 128 valence electrons. The molecule has 2 aromatic heterocycles. The minimum atomic E-state index is 0.000711. The normalized spacial score (nSPS) is 20.9. The van der Waals surface area contributed by atoms with Gasteiger partial charge in [-0.3, -0.25) is 0 Å². The van der Waals surface area contributed by atoms with Crippen molar-refractivity contribution < 1.29 is 4.48 Å². The van der Waals surface area contributed by atoms with Gasteiger partial charge in [0.25, 0.3) is 0 Å². The first-order valence-corrected chi connectivity index (χ1v) is 9.39. The molecule has 1 unspecified atom stereocenters. The lowest BCUT2D eigenvalue weighted by molar-refractivity contribution is -0.784. The number of nitrogens with zero attached hydrogens (tertiary/aromatic N) is 3. The summed E-state index contributed by atoms with van der Waals surface area (Å²) in [5, 5.41) is 0. The molecule has 26 heavy (non-hydrogen) atoms. The molecular weight excluding hydrogens is 338 g/mol. The van der Waals surface area contributed by atoms with Crippen molar-refractivity contribution in [2.24, 2.45) is 4.99 Å². The molecule has 1 atom stereocenters. The molecule has 2 aliphatic rings. The number of quaternary nitrogens is 1. The van der Waals surface area contributed by atoms with Crippen LogP contribution in [0.15, 0.2) is 72.1 Å². The third-order valence-corrected chi connectivity index (χ3v) is 5.59. The second-order valence-electron chi connectivity index (χ2n) is 7.26. The molecule has 4 heterocycles. The maximum absolute atomic E-state index is 4.91. The average Bonchev–Trinajstić information content (AvgIpc) is 3.25. The van der Waals surface area contributed by atoms with Crippen molar-refractivity contribution in [1.82, 2.24) is 4.98 Å². The summed E-state index contributed by atoms with van der Waals surface area (Å²) >= 11 is 1.67. The van der Waals surface area contributed by atoms with Gasteiger partial charge in [0, 0.05) is 12.3 Å². The first-order valence-electron chi connectivity index (χ1n) is 8.58. The first-order chi connectivity index (χ1) is 12.5. The quantitative estimate of drug-likeness (QED) is 0.523. The molecule has 0 radical (unpaired) electrons. The highest BCUT2D eigenvalue weighted by molar-refractivity contribution is 7.13. The van der Waals surface area contributed by atoms with Crippen LogP contribution in [0.1, 0.15) is 36.2 Å². The largest absolute Gasteiger partial charge is 0.248 e. The molecule has 0 bridgehead atoms. The van der Waals surface area contributed by atoms with Gasteiger partial charge in [-0.05, 0) is 69.0 Å². The smallest absolute Gasteiger partial charge is 0.238 e. The number of amidine groups is 1. The molecule has 0 N–H and O–H groups in total. The van der Waals surface area contributed by atoms with E-state index in [0.717, 1.165) is 27.0 Å². The van der Waals surface area contributed by atoms with Crippen molar-refractivity contribution in [2.45, 2.75) is 26.3 Å². The summed E-state index contributed by atoms with van der Waals surface area (Å²) in [5.74, 6) is 7.38. The molecule has 0 aromatic carbocycles. The van der Waals surface area contributed by atoms with E-state index in [2.05, 4.69) is 80.4 Å². The zero-order valence-electron chi connectivity index (χ0n) is 15.1. The lowest BCUT2D eigenvalue weighted by Crippen LogP contribution is -2.54. The van der Waals surface area contributed by atoms with Crippen LogP contribution in [0.4, 0.5) is 0 Å². The molecule has 3 nitrogen and oxygen atoms in total. The highest BCUT2D eigenvalue weighted by Gasteiger charge is 2.46. The van der Waals surface area contributed by atoms with Crippen molar-refractivity contribution in [2.75, 3.05) is 0 Å². The molecule has 4 rings (SSSR count). The Labute approximate surface area is 158 Å². The van der Waals surface area contributed by atoms with E-state index in [-0.39, 0.29) is 5.54 Å². The van der Waals surface area contributed by atoms with E-state index < -0.39 is 0 Å². The van der Waals surface area contributed by atoms with E-state index in [1.807, 2.05) is 18.2 Å². The summed E-state index contributed by atoms with van der Waals surface area (Å²) in [6.07, 6.45) is 12.5. The molecule has 0 saturated carbocycles. The molecule has 2 aliphatic heterocycles. The van der Waals surface area contributed by atoms with Gasteiger partial charge < -0.3 is 0 Å². The number of aliphatic imine (C=N–C) groups is 1. The monoisotopic (exact) mass is 358 g/mol. The highest BCUT2D eigenvalue weighted by Crippen LogP contribution is 2.40. The maximum Gasteiger partial charge on any atom is 0.238 e. The zero-order valence-corrected chi connectivity index (χ0v) is 15.9. The number of rotatable bonds is 1. The zero-order chi connectivity index (χ0) is 18.2. The molecular formula is C22H20N3S+. The van der Waals surface area contributed by atoms with Gasteiger partial charge in [-0.15, -0.1) is 11.3 Å². The van der Waals surface area contributed by atoms with Gasteiger partial charge in [-0.25, -0.2) is 9.47 Å². The van der Waals surface area contributed by atoms with Crippen LogP contribution in [0.3, 0.4) is 0 Å². The summed E-state index contributed by atoms with van der Waals surface area (Å²) in [6, 6.07) is 9.92. The fourth-order valence-electron chi connectivity index (χ4n) is 3.09. The van der Waals surface area contributed by atoms with Crippen LogP contribution in [-0.4, -0.2) is 20.8 Å². The van der Waals surface area contributed by atoms with Crippen LogP contribution < -0.4 is 0 Å². The van der Waals surface area contributed by atoms with Gasteiger partial charge >= 0.3 is 0 Å². The van der Waals surface area contributed by atoms with Crippen LogP contribution >= 0.6 is 11.3 Å². The Bertz CT molecular complexity index is 1020. The summed E-state index contributed by atoms with van der Waals surface area (Å²) in [4.78, 5) is 11.3. The fraction of sp³-hybridized carbons (Fsp3) is 0.182. The summed E-state index contributed by atoms with van der Waals surface area (Å²) in [7, 11) is 0. The van der Waals surface area contributed by atoms with Gasteiger partial charge in [0.2, 0.25) is 5.84 Å². The molecule has 0 aliphatic carbocycles. The van der Waals surface area contributed by atoms with E-state index in [9.17, 15) is 0 Å². The number of hydrogen-bond donors (Lipinski definition) is 0. The Kier molecular flexibility index (Phi) is 3.99. The average molecular weight is 358 g/mol. The van der Waals surface area contributed by atoms with E-state index in [0.29, 0.717) is 4.48 Å². The van der Waals surface area contributed by atoms with Crippen LogP contribution in [0.25, 0.3) is 5.70 Å². The highest BCUT2D eigenvalue weighted by atomic mass is 32.1. The SMILES string of the molecule is CC(C)(C)[N+]12C=CC=CC1=NC(c1ccc(C#Cc3ccccn3)s1)=C2. The minimum absolute atomic E-state index is 0.000711. The Morgan fingerprint density at radius 3 is 2.65 bits per heavy atom. The van der Waals surface area contributed by atoms with Crippen molar-refractivity contribution in [1.29, 1.82) is 0 Å². The van der Waals surface area contributed by atoms with E-state index in [1.165, 1.54) is 0 Å². The Morgan fingerprint density at radius 1 is 1.04 bits per heavy atom. The molecule has 0 saturated heterocycles. The Balaban J connectivity index is 1.67.